The second kappa shape index (κ2) is 5.58. The topological polar surface area (TPSA) is 82.0 Å². The van der Waals surface area contributed by atoms with Crippen LogP contribution in [0, 0.1) is 0 Å². The van der Waals surface area contributed by atoms with E-state index in [2.05, 4.69) is 9.88 Å². The number of anilines is 1. The van der Waals surface area contributed by atoms with Crippen molar-refractivity contribution in [3.63, 3.8) is 0 Å². The van der Waals surface area contributed by atoms with Crippen LogP contribution in [0.2, 0.25) is 0 Å². The van der Waals surface area contributed by atoms with Gasteiger partial charge in [0.25, 0.3) is 0 Å². The summed E-state index contributed by atoms with van der Waals surface area (Å²) in [7, 11) is -3.56. The Morgan fingerprint density at radius 1 is 1.42 bits per heavy atom. The van der Waals surface area contributed by atoms with Crippen molar-refractivity contribution >= 4 is 21.6 Å². The van der Waals surface area contributed by atoms with Crippen molar-refractivity contribution in [2.45, 2.75) is 19.8 Å². The number of oxime groups is 1. The van der Waals surface area contributed by atoms with Crippen molar-refractivity contribution in [2.24, 2.45) is 5.16 Å². The third-order valence-corrected chi connectivity index (χ3v) is 4.61. The van der Waals surface area contributed by atoms with E-state index in [1.165, 1.54) is 4.31 Å². The van der Waals surface area contributed by atoms with Gasteiger partial charge in [0.2, 0.25) is 0 Å². The summed E-state index contributed by atoms with van der Waals surface area (Å²) in [5, 5.41) is 12.3. The smallest absolute Gasteiger partial charge is 0.301 e. The van der Waals surface area contributed by atoms with Gasteiger partial charge in [-0.05, 0) is 18.9 Å². The standard InChI is InChI=1S/C12H17N3O3S/c1-2-13-19(17,18)15-9-5-7-11(14-16)10-6-3-4-8-12(10)15/h3-4,6,8,13,16H,2,5,7,9H2,1H3/b14-11-. The average molecular weight is 283 g/mol. The van der Waals surface area contributed by atoms with E-state index in [1.807, 2.05) is 0 Å². The maximum absolute atomic E-state index is 12.2. The van der Waals surface area contributed by atoms with E-state index >= 15 is 0 Å². The largest absolute Gasteiger partial charge is 0.411 e. The molecule has 0 bridgehead atoms. The number of nitrogens with one attached hydrogen (secondary N) is 1. The van der Waals surface area contributed by atoms with E-state index < -0.39 is 10.2 Å². The molecule has 0 radical (unpaired) electrons. The average Bonchev–Trinajstić information content (AvgIpc) is 2.58. The van der Waals surface area contributed by atoms with Crippen molar-refractivity contribution in [3.8, 4) is 0 Å². The molecule has 0 aliphatic carbocycles. The fraction of sp³-hybridized carbons (Fsp3) is 0.417. The first-order valence-electron chi connectivity index (χ1n) is 6.18. The summed E-state index contributed by atoms with van der Waals surface area (Å²) < 4.78 is 28.2. The van der Waals surface area contributed by atoms with Crippen LogP contribution in [0.5, 0.6) is 0 Å². The van der Waals surface area contributed by atoms with Crippen LogP contribution in [-0.4, -0.2) is 32.4 Å². The molecule has 7 heteroatoms. The highest BCUT2D eigenvalue weighted by Crippen LogP contribution is 2.28. The Labute approximate surface area is 112 Å². The zero-order chi connectivity index (χ0) is 13.9. The first kappa shape index (κ1) is 13.8. The maximum Gasteiger partial charge on any atom is 0.301 e. The number of hydrogen-bond acceptors (Lipinski definition) is 4. The second-order valence-electron chi connectivity index (χ2n) is 4.24. The predicted octanol–water partition coefficient (Wildman–Crippen LogP) is 1.32. The fourth-order valence-electron chi connectivity index (χ4n) is 2.19. The Kier molecular flexibility index (Phi) is 4.06. The van der Waals surface area contributed by atoms with Crippen molar-refractivity contribution in [3.05, 3.63) is 29.8 Å². The van der Waals surface area contributed by atoms with Gasteiger partial charge in [-0.1, -0.05) is 30.3 Å². The van der Waals surface area contributed by atoms with Gasteiger partial charge in [0, 0.05) is 18.7 Å². The molecule has 0 spiro atoms. The van der Waals surface area contributed by atoms with Crippen molar-refractivity contribution < 1.29 is 13.6 Å². The van der Waals surface area contributed by atoms with Gasteiger partial charge in [-0.15, -0.1) is 0 Å². The predicted molar refractivity (Wildman–Crippen MR) is 73.9 cm³/mol. The van der Waals surface area contributed by atoms with Gasteiger partial charge in [0.15, 0.2) is 0 Å². The van der Waals surface area contributed by atoms with Crippen LogP contribution in [0.4, 0.5) is 5.69 Å². The van der Waals surface area contributed by atoms with Crippen LogP contribution in [0.1, 0.15) is 25.3 Å². The van der Waals surface area contributed by atoms with E-state index in [-0.39, 0.29) is 0 Å². The molecule has 0 atom stereocenters. The lowest BCUT2D eigenvalue weighted by molar-refractivity contribution is 0.318. The van der Waals surface area contributed by atoms with Crippen molar-refractivity contribution in [1.82, 2.24) is 4.72 Å². The van der Waals surface area contributed by atoms with E-state index in [4.69, 9.17) is 5.21 Å². The molecule has 2 N–H and O–H groups in total. The van der Waals surface area contributed by atoms with Crippen LogP contribution < -0.4 is 9.03 Å². The number of nitrogens with zero attached hydrogens (tertiary/aromatic N) is 2. The third kappa shape index (κ3) is 2.71. The summed E-state index contributed by atoms with van der Waals surface area (Å²) in [5.74, 6) is 0. The molecule has 0 saturated heterocycles. The second-order valence-corrected chi connectivity index (χ2v) is 5.92. The number of fused-ring (bicyclic) bond motifs is 1. The van der Waals surface area contributed by atoms with Gasteiger partial charge < -0.3 is 5.21 Å². The highest BCUT2D eigenvalue weighted by molar-refractivity contribution is 7.90. The summed E-state index contributed by atoms with van der Waals surface area (Å²) in [5.41, 5.74) is 1.72. The normalized spacial score (nSPS) is 18.2. The molecule has 1 aliphatic heterocycles. The molecular formula is C12H17N3O3S. The number of hydrogen-bond donors (Lipinski definition) is 2. The lowest BCUT2D eigenvalue weighted by atomic mass is 10.1. The molecule has 0 saturated carbocycles. The van der Waals surface area contributed by atoms with Gasteiger partial charge in [-0.2, -0.15) is 13.1 Å². The van der Waals surface area contributed by atoms with Gasteiger partial charge in [-0.25, -0.2) is 0 Å². The summed E-state index contributed by atoms with van der Waals surface area (Å²) >= 11 is 0. The van der Waals surface area contributed by atoms with Crippen LogP contribution in [0.3, 0.4) is 0 Å². The lowest BCUT2D eigenvalue weighted by Crippen LogP contribution is -2.41. The summed E-state index contributed by atoms with van der Waals surface area (Å²) in [6.45, 7) is 2.44. The van der Waals surface area contributed by atoms with Crippen LogP contribution in [0.25, 0.3) is 0 Å². The molecule has 0 amide bonds. The minimum Gasteiger partial charge on any atom is -0.411 e. The van der Waals surface area contributed by atoms with Gasteiger partial charge in [0.1, 0.15) is 0 Å². The van der Waals surface area contributed by atoms with Gasteiger partial charge >= 0.3 is 10.2 Å². The maximum atomic E-state index is 12.2. The number of rotatable bonds is 3. The monoisotopic (exact) mass is 283 g/mol. The first-order chi connectivity index (χ1) is 9.10. The minimum absolute atomic E-state index is 0.335. The Bertz CT molecular complexity index is 584. The van der Waals surface area contributed by atoms with Crippen molar-refractivity contribution in [2.75, 3.05) is 17.4 Å². The molecule has 0 fully saturated rings. The minimum atomic E-state index is -3.56. The Morgan fingerprint density at radius 3 is 2.84 bits per heavy atom. The van der Waals surface area contributed by atoms with Crippen molar-refractivity contribution in [1.29, 1.82) is 0 Å². The van der Waals surface area contributed by atoms with Crippen LogP contribution in [-0.2, 0) is 10.2 Å². The van der Waals surface area contributed by atoms with E-state index in [1.54, 1.807) is 31.2 Å². The third-order valence-electron chi connectivity index (χ3n) is 3.00. The quantitative estimate of drug-likeness (QED) is 0.648. The molecule has 1 aromatic carbocycles. The molecule has 2 rings (SSSR count). The Hall–Kier alpha value is -1.60. The summed E-state index contributed by atoms with van der Waals surface area (Å²) in [6.07, 6.45) is 1.16. The van der Waals surface area contributed by atoms with Crippen LogP contribution >= 0.6 is 0 Å². The van der Waals surface area contributed by atoms with E-state index in [9.17, 15) is 8.42 Å². The Balaban J connectivity index is 2.53. The molecule has 0 aromatic heterocycles. The number of benzene rings is 1. The molecule has 0 unspecified atom stereocenters. The zero-order valence-electron chi connectivity index (χ0n) is 10.7. The summed E-state index contributed by atoms with van der Waals surface area (Å²) in [4.78, 5) is 0. The SMILES string of the molecule is CCNS(=O)(=O)N1CCC/C(=N/O)c2ccccc21. The molecule has 19 heavy (non-hydrogen) atoms. The van der Waals surface area contributed by atoms with E-state index in [0.717, 1.165) is 0 Å². The van der Waals surface area contributed by atoms with Gasteiger partial charge in [0.05, 0.1) is 11.4 Å². The van der Waals surface area contributed by atoms with Gasteiger partial charge in [-0.3, -0.25) is 4.31 Å². The summed E-state index contributed by atoms with van der Waals surface area (Å²) in [6, 6.07) is 7.06. The molecular weight excluding hydrogens is 266 g/mol. The number of para-hydroxylation sites is 1. The lowest BCUT2D eigenvalue weighted by Gasteiger charge is -2.24. The fourth-order valence-corrected chi connectivity index (χ4v) is 3.50. The first-order valence-corrected chi connectivity index (χ1v) is 7.62. The molecule has 1 heterocycles. The molecule has 1 aromatic rings. The molecule has 104 valence electrons. The zero-order valence-corrected chi connectivity index (χ0v) is 11.5. The highest BCUT2D eigenvalue weighted by Gasteiger charge is 2.27. The Morgan fingerprint density at radius 2 is 2.16 bits per heavy atom. The van der Waals surface area contributed by atoms with Crippen LogP contribution in [0.15, 0.2) is 29.4 Å². The molecule has 6 nitrogen and oxygen atoms in total. The highest BCUT2D eigenvalue weighted by atomic mass is 32.2. The van der Waals surface area contributed by atoms with E-state index in [0.29, 0.717) is 42.9 Å². The molecule has 1 aliphatic rings.